The molecule has 0 aromatic carbocycles. The van der Waals surface area contributed by atoms with E-state index >= 15 is 0 Å². The molecule has 0 spiro atoms. The van der Waals surface area contributed by atoms with Crippen molar-refractivity contribution in [2.24, 2.45) is 0 Å². The molecule has 5 nitrogen and oxygen atoms in total. The first kappa shape index (κ1) is 13.5. The SMILES string of the molecule is CCCOCCc1nc(C2CCCCCN2)no1. The Morgan fingerprint density at radius 2 is 2.28 bits per heavy atom. The van der Waals surface area contributed by atoms with Gasteiger partial charge in [0.1, 0.15) is 0 Å². The fourth-order valence-corrected chi connectivity index (χ4v) is 2.17. The molecule has 0 amide bonds. The lowest BCUT2D eigenvalue weighted by Gasteiger charge is -2.09. The molecule has 1 aliphatic rings. The summed E-state index contributed by atoms with van der Waals surface area (Å²) in [6.45, 7) is 4.61. The van der Waals surface area contributed by atoms with Gasteiger partial charge in [0.2, 0.25) is 5.89 Å². The molecule has 1 fully saturated rings. The number of hydrogen-bond donors (Lipinski definition) is 1. The van der Waals surface area contributed by atoms with Gasteiger partial charge in [0.15, 0.2) is 5.82 Å². The van der Waals surface area contributed by atoms with Crippen LogP contribution in [-0.2, 0) is 11.2 Å². The van der Waals surface area contributed by atoms with Crippen LogP contribution in [0.1, 0.15) is 56.8 Å². The molecule has 1 atom stereocenters. The van der Waals surface area contributed by atoms with Crippen LogP contribution in [0.2, 0.25) is 0 Å². The van der Waals surface area contributed by atoms with Crippen LogP contribution < -0.4 is 5.32 Å². The van der Waals surface area contributed by atoms with E-state index < -0.39 is 0 Å². The standard InChI is InChI=1S/C13H23N3O2/c1-2-9-17-10-7-12-15-13(16-18-12)11-6-4-3-5-8-14-11/h11,14H,2-10H2,1H3. The number of hydrogen-bond acceptors (Lipinski definition) is 5. The van der Waals surface area contributed by atoms with E-state index in [1.807, 2.05) is 0 Å². The van der Waals surface area contributed by atoms with Gasteiger partial charge in [-0.25, -0.2) is 0 Å². The fourth-order valence-electron chi connectivity index (χ4n) is 2.17. The molecule has 1 aromatic rings. The van der Waals surface area contributed by atoms with Crippen molar-refractivity contribution in [1.82, 2.24) is 15.5 Å². The van der Waals surface area contributed by atoms with Crippen molar-refractivity contribution in [3.05, 3.63) is 11.7 Å². The first-order chi connectivity index (χ1) is 8.90. The van der Waals surface area contributed by atoms with Gasteiger partial charge in [0.25, 0.3) is 0 Å². The van der Waals surface area contributed by atoms with Crippen LogP contribution in [-0.4, -0.2) is 29.9 Å². The molecule has 1 saturated heterocycles. The third-order valence-corrected chi connectivity index (χ3v) is 3.16. The third-order valence-electron chi connectivity index (χ3n) is 3.16. The fraction of sp³-hybridized carbons (Fsp3) is 0.846. The van der Waals surface area contributed by atoms with Crippen molar-refractivity contribution in [3.63, 3.8) is 0 Å². The summed E-state index contributed by atoms with van der Waals surface area (Å²) < 4.78 is 10.7. The zero-order chi connectivity index (χ0) is 12.6. The summed E-state index contributed by atoms with van der Waals surface area (Å²) in [4.78, 5) is 4.45. The van der Waals surface area contributed by atoms with Gasteiger partial charge in [-0.2, -0.15) is 4.98 Å². The molecule has 1 unspecified atom stereocenters. The van der Waals surface area contributed by atoms with Crippen LogP contribution in [0.5, 0.6) is 0 Å². The topological polar surface area (TPSA) is 60.2 Å². The second-order valence-corrected chi connectivity index (χ2v) is 4.76. The first-order valence-corrected chi connectivity index (χ1v) is 7.03. The van der Waals surface area contributed by atoms with E-state index in [0.29, 0.717) is 18.9 Å². The molecule has 0 radical (unpaired) electrons. The van der Waals surface area contributed by atoms with E-state index in [-0.39, 0.29) is 6.04 Å². The zero-order valence-corrected chi connectivity index (χ0v) is 11.2. The van der Waals surface area contributed by atoms with Crippen LogP contribution in [0.15, 0.2) is 4.52 Å². The van der Waals surface area contributed by atoms with Gasteiger partial charge in [0, 0.05) is 6.61 Å². The van der Waals surface area contributed by atoms with Crippen LogP contribution in [0.3, 0.4) is 0 Å². The minimum absolute atomic E-state index is 0.265. The summed E-state index contributed by atoms with van der Waals surface area (Å²) in [7, 11) is 0. The lowest BCUT2D eigenvalue weighted by molar-refractivity contribution is 0.132. The van der Waals surface area contributed by atoms with Crippen LogP contribution in [0.4, 0.5) is 0 Å². The Balaban J connectivity index is 1.81. The molecular formula is C13H23N3O2. The predicted molar refractivity (Wildman–Crippen MR) is 68.3 cm³/mol. The van der Waals surface area contributed by atoms with Crippen molar-refractivity contribution in [3.8, 4) is 0 Å². The minimum atomic E-state index is 0.265. The number of ether oxygens (including phenoxy) is 1. The molecule has 1 N–H and O–H groups in total. The zero-order valence-electron chi connectivity index (χ0n) is 11.2. The summed E-state index contributed by atoms with van der Waals surface area (Å²) in [5, 5.41) is 7.55. The molecule has 0 bridgehead atoms. The number of nitrogens with zero attached hydrogens (tertiary/aromatic N) is 2. The lowest BCUT2D eigenvalue weighted by Crippen LogP contribution is -2.21. The third kappa shape index (κ3) is 4.07. The van der Waals surface area contributed by atoms with E-state index in [9.17, 15) is 0 Å². The highest BCUT2D eigenvalue weighted by Crippen LogP contribution is 2.20. The summed E-state index contributed by atoms with van der Waals surface area (Å²) >= 11 is 0. The second-order valence-electron chi connectivity index (χ2n) is 4.76. The summed E-state index contributed by atoms with van der Waals surface area (Å²) in [6.07, 6.45) is 6.62. The molecule has 2 heterocycles. The largest absolute Gasteiger partial charge is 0.381 e. The quantitative estimate of drug-likeness (QED) is 0.788. The van der Waals surface area contributed by atoms with Gasteiger partial charge in [-0.3, -0.25) is 0 Å². The van der Waals surface area contributed by atoms with Crippen LogP contribution in [0.25, 0.3) is 0 Å². The van der Waals surface area contributed by atoms with Crippen molar-refractivity contribution >= 4 is 0 Å². The molecule has 102 valence electrons. The van der Waals surface area contributed by atoms with Crippen molar-refractivity contribution in [1.29, 1.82) is 0 Å². The maximum absolute atomic E-state index is 5.42. The van der Waals surface area contributed by atoms with E-state index in [2.05, 4.69) is 22.4 Å². The van der Waals surface area contributed by atoms with E-state index in [4.69, 9.17) is 9.26 Å². The Bertz CT molecular complexity index is 333. The van der Waals surface area contributed by atoms with E-state index in [1.54, 1.807) is 0 Å². The van der Waals surface area contributed by atoms with Gasteiger partial charge < -0.3 is 14.6 Å². The minimum Gasteiger partial charge on any atom is -0.381 e. The Morgan fingerprint density at radius 3 is 3.17 bits per heavy atom. The van der Waals surface area contributed by atoms with Crippen LogP contribution >= 0.6 is 0 Å². The number of aromatic nitrogens is 2. The number of rotatable bonds is 6. The molecular weight excluding hydrogens is 230 g/mol. The van der Waals surface area contributed by atoms with Gasteiger partial charge in [-0.1, -0.05) is 24.9 Å². The highest BCUT2D eigenvalue weighted by Gasteiger charge is 2.19. The molecule has 1 aromatic heterocycles. The highest BCUT2D eigenvalue weighted by atomic mass is 16.5. The van der Waals surface area contributed by atoms with Crippen LogP contribution in [0, 0.1) is 0 Å². The second kappa shape index (κ2) is 7.48. The maximum Gasteiger partial charge on any atom is 0.229 e. The Labute approximate surface area is 108 Å². The van der Waals surface area contributed by atoms with Gasteiger partial charge in [-0.05, 0) is 25.8 Å². The summed E-state index contributed by atoms with van der Waals surface area (Å²) in [5.74, 6) is 1.49. The monoisotopic (exact) mass is 253 g/mol. The molecule has 5 heteroatoms. The molecule has 18 heavy (non-hydrogen) atoms. The predicted octanol–water partition coefficient (Wildman–Crippen LogP) is 2.24. The Hall–Kier alpha value is -0.940. The first-order valence-electron chi connectivity index (χ1n) is 7.03. The van der Waals surface area contributed by atoms with Gasteiger partial charge in [-0.15, -0.1) is 0 Å². The van der Waals surface area contributed by atoms with E-state index in [0.717, 1.165) is 31.8 Å². The molecule has 0 saturated carbocycles. The van der Waals surface area contributed by atoms with Crippen molar-refractivity contribution in [2.45, 2.75) is 51.5 Å². The molecule has 0 aliphatic carbocycles. The highest BCUT2D eigenvalue weighted by molar-refractivity contribution is 4.95. The average Bonchev–Trinajstić information content (AvgIpc) is 2.69. The normalized spacial score (nSPS) is 20.8. The number of nitrogens with one attached hydrogen (secondary N) is 1. The van der Waals surface area contributed by atoms with Crippen molar-refractivity contribution in [2.75, 3.05) is 19.8 Å². The lowest BCUT2D eigenvalue weighted by atomic mass is 10.1. The Kier molecular flexibility index (Phi) is 5.61. The van der Waals surface area contributed by atoms with Crippen molar-refractivity contribution < 1.29 is 9.26 Å². The van der Waals surface area contributed by atoms with E-state index in [1.165, 1.54) is 19.3 Å². The smallest absolute Gasteiger partial charge is 0.229 e. The summed E-state index contributed by atoms with van der Waals surface area (Å²) in [5.41, 5.74) is 0. The van der Waals surface area contributed by atoms with Gasteiger partial charge >= 0.3 is 0 Å². The molecule has 2 rings (SSSR count). The van der Waals surface area contributed by atoms with Gasteiger partial charge in [0.05, 0.1) is 19.1 Å². The molecule has 1 aliphatic heterocycles. The average molecular weight is 253 g/mol. The Morgan fingerprint density at radius 1 is 1.33 bits per heavy atom. The summed E-state index contributed by atoms with van der Waals surface area (Å²) in [6, 6.07) is 0.265. The maximum atomic E-state index is 5.42.